The third kappa shape index (κ3) is 6.01. The van der Waals surface area contributed by atoms with Crippen LogP contribution in [-0.2, 0) is 11.3 Å². The van der Waals surface area contributed by atoms with Crippen molar-refractivity contribution in [3.63, 3.8) is 0 Å². The molecule has 3 N–H and O–H groups in total. The Bertz CT molecular complexity index is 699. The molecule has 2 aromatic carbocycles. The molecule has 0 bridgehead atoms. The molecule has 0 heterocycles. The van der Waals surface area contributed by atoms with Crippen LogP contribution in [0.25, 0.3) is 0 Å². The van der Waals surface area contributed by atoms with Gasteiger partial charge in [0.1, 0.15) is 18.5 Å². The van der Waals surface area contributed by atoms with E-state index in [-0.39, 0.29) is 30.2 Å². The molecular weight excluding hydrogens is 349 g/mol. The quantitative estimate of drug-likeness (QED) is 0.702. The number of hydrogen-bond acceptors (Lipinski definition) is 4. The van der Waals surface area contributed by atoms with Gasteiger partial charge in [-0.05, 0) is 30.2 Å². The number of aliphatic hydroxyl groups excluding tert-OH is 2. The average molecular weight is 368 g/mol. The zero-order chi connectivity index (χ0) is 18.2. The number of halogens is 2. The van der Waals surface area contributed by atoms with E-state index in [1.165, 1.54) is 12.1 Å². The van der Waals surface area contributed by atoms with Gasteiger partial charge in [-0.15, -0.1) is 0 Å². The zero-order valence-corrected chi connectivity index (χ0v) is 14.1. The molecule has 0 fully saturated rings. The molecule has 2 aromatic rings. The molecular formula is C18H19ClFNO4. The lowest BCUT2D eigenvalue weighted by molar-refractivity contribution is 0.0116. The Morgan fingerprint density at radius 3 is 2.64 bits per heavy atom. The molecule has 2 atom stereocenters. The van der Waals surface area contributed by atoms with Crippen LogP contribution in [0.3, 0.4) is 0 Å². The van der Waals surface area contributed by atoms with Crippen LogP contribution in [0.15, 0.2) is 48.5 Å². The monoisotopic (exact) mass is 367 g/mol. The first-order valence-electron chi connectivity index (χ1n) is 7.73. The molecule has 0 aliphatic heterocycles. The summed E-state index contributed by atoms with van der Waals surface area (Å²) in [6.07, 6.45) is -3.32. The molecule has 2 rings (SSSR count). The summed E-state index contributed by atoms with van der Waals surface area (Å²) >= 11 is 5.76. The summed E-state index contributed by atoms with van der Waals surface area (Å²) in [5.41, 5.74) is 0.760. The fourth-order valence-corrected chi connectivity index (χ4v) is 2.38. The highest BCUT2D eigenvalue weighted by atomic mass is 35.5. The van der Waals surface area contributed by atoms with Gasteiger partial charge >= 0.3 is 6.09 Å². The number of rotatable bonds is 7. The molecule has 1 amide bonds. The smallest absolute Gasteiger partial charge is 0.407 e. The number of carbonyl (C=O) groups is 1. The summed E-state index contributed by atoms with van der Waals surface area (Å²) in [5, 5.41) is 22.7. The predicted octanol–water partition coefficient (Wildman–Crippen LogP) is 3.19. The standard InChI is InChI=1S/C18H19ClFNO4/c19-13-6-7-15(20)14(10-13)17(23)16(22)8-9-21-18(24)25-11-12-4-2-1-3-5-12/h1-7,10,16-17,22-23H,8-9,11H2,(H,21,24). The summed E-state index contributed by atoms with van der Waals surface area (Å²) in [7, 11) is 0. The number of nitrogens with one attached hydrogen (secondary N) is 1. The van der Waals surface area contributed by atoms with Crippen molar-refractivity contribution in [1.82, 2.24) is 5.32 Å². The van der Waals surface area contributed by atoms with Crippen molar-refractivity contribution in [3.05, 3.63) is 70.5 Å². The molecule has 7 heteroatoms. The van der Waals surface area contributed by atoms with E-state index < -0.39 is 24.1 Å². The Morgan fingerprint density at radius 2 is 1.92 bits per heavy atom. The molecule has 25 heavy (non-hydrogen) atoms. The van der Waals surface area contributed by atoms with Crippen LogP contribution in [0.5, 0.6) is 0 Å². The van der Waals surface area contributed by atoms with Crippen LogP contribution < -0.4 is 5.32 Å². The van der Waals surface area contributed by atoms with Crippen LogP contribution >= 0.6 is 11.6 Å². The number of carbonyl (C=O) groups excluding carboxylic acids is 1. The minimum absolute atomic E-state index is 0.0214. The van der Waals surface area contributed by atoms with E-state index in [4.69, 9.17) is 16.3 Å². The van der Waals surface area contributed by atoms with Gasteiger partial charge in [0.2, 0.25) is 0 Å². The van der Waals surface area contributed by atoms with E-state index in [9.17, 15) is 19.4 Å². The fourth-order valence-electron chi connectivity index (χ4n) is 2.20. The number of hydrogen-bond donors (Lipinski definition) is 3. The lowest BCUT2D eigenvalue weighted by atomic mass is 10.0. The molecule has 0 saturated heterocycles. The maximum Gasteiger partial charge on any atom is 0.407 e. The summed E-state index contributed by atoms with van der Waals surface area (Å²) in [6, 6.07) is 12.9. The van der Waals surface area contributed by atoms with Crippen molar-refractivity contribution in [2.75, 3.05) is 6.54 Å². The first-order valence-corrected chi connectivity index (χ1v) is 8.11. The summed E-state index contributed by atoms with van der Waals surface area (Å²) in [6.45, 7) is 0.194. The van der Waals surface area contributed by atoms with E-state index in [0.29, 0.717) is 0 Å². The van der Waals surface area contributed by atoms with E-state index in [1.54, 1.807) is 0 Å². The highest BCUT2D eigenvalue weighted by Crippen LogP contribution is 2.24. The second-order valence-corrected chi connectivity index (χ2v) is 5.89. The Hall–Kier alpha value is -2.15. The van der Waals surface area contributed by atoms with Crippen molar-refractivity contribution in [2.45, 2.75) is 25.2 Å². The minimum atomic E-state index is -1.44. The lowest BCUT2D eigenvalue weighted by Gasteiger charge is -2.19. The van der Waals surface area contributed by atoms with Crippen LogP contribution in [-0.4, -0.2) is 29.0 Å². The molecule has 5 nitrogen and oxygen atoms in total. The predicted molar refractivity (Wildman–Crippen MR) is 91.6 cm³/mol. The van der Waals surface area contributed by atoms with Gasteiger partial charge in [0, 0.05) is 17.1 Å². The van der Waals surface area contributed by atoms with Gasteiger partial charge in [-0.2, -0.15) is 0 Å². The molecule has 0 radical (unpaired) electrons. The van der Waals surface area contributed by atoms with Gasteiger partial charge < -0.3 is 20.3 Å². The second kappa shape index (κ2) is 9.36. The van der Waals surface area contributed by atoms with Crippen molar-refractivity contribution < 1.29 is 24.1 Å². The van der Waals surface area contributed by atoms with Crippen LogP contribution in [0.1, 0.15) is 23.7 Å². The topological polar surface area (TPSA) is 78.8 Å². The lowest BCUT2D eigenvalue weighted by Crippen LogP contribution is -2.30. The first kappa shape index (κ1) is 19.2. The molecule has 0 aliphatic rings. The Morgan fingerprint density at radius 1 is 1.20 bits per heavy atom. The van der Waals surface area contributed by atoms with Crippen LogP contribution in [0, 0.1) is 5.82 Å². The van der Waals surface area contributed by atoms with E-state index in [1.807, 2.05) is 30.3 Å². The third-order valence-electron chi connectivity index (χ3n) is 3.56. The summed E-state index contributed by atoms with van der Waals surface area (Å²) < 4.78 is 18.7. The largest absolute Gasteiger partial charge is 0.445 e. The molecule has 2 unspecified atom stereocenters. The average Bonchev–Trinajstić information content (AvgIpc) is 2.62. The van der Waals surface area contributed by atoms with E-state index in [2.05, 4.69) is 5.32 Å². The maximum absolute atomic E-state index is 13.7. The van der Waals surface area contributed by atoms with Crippen molar-refractivity contribution >= 4 is 17.7 Å². The van der Waals surface area contributed by atoms with Gasteiger partial charge in [0.05, 0.1) is 6.10 Å². The fraction of sp³-hybridized carbons (Fsp3) is 0.278. The van der Waals surface area contributed by atoms with Crippen LogP contribution in [0.2, 0.25) is 5.02 Å². The number of benzene rings is 2. The van der Waals surface area contributed by atoms with Crippen molar-refractivity contribution in [3.8, 4) is 0 Å². The normalized spacial score (nSPS) is 13.1. The SMILES string of the molecule is O=C(NCCC(O)C(O)c1cc(Cl)ccc1F)OCc1ccccc1. The number of alkyl carbamates (subject to hydrolysis) is 1. The first-order chi connectivity index (χ1) is 12.0. The Labute approximate surface area is 150 Å². The van der Waals surface area contributed by atoms with E-state index >= 15 is 0 Å². The molecule has 0 aliphatic carbocycles. The minimum Gasteiger partial charge on any atom is -0.445 e. The molecule has 0 saturated carbocycles. The van der Waals surface area contributed by atoms with Crippen molar-refractivity contribution in [2.24, 2.45) is 0 Å². The van der Waals surface area contributed by atoms with Gasteiger partial charge in [-0.25, -0.2) is 9.18 Å². The Balaban J connectivity index is 1.75. The summed E-state index contributed by atoms with van der Waals surface area (Å²) in [5.74, 6) is -0.661. The number of aliphatic hydroxyl groups is 2. The van der Waals surface area contributed by atoms with Gasteiger partial charge in [0.25, 0.3) is 0 Å². The van der Waals surface area contributed by atoms with Crippen molar-refractivity contribution in [1.29, 1.82) is 0 Å². The van der Waals surface area contributed by atoms with Gasteiger partial charge in [0.15, 0.2) is 0 Å². The third-order valence-corrected chi connectivity index (χ3v) is 3.80. The Kier molecular flexibility index (Phi) is 7.18. The van der Waals surface area contributed by atoms with Gasteiger partial charge in [-0.1, -0.05) is 41.9 Å². The summed E-state index contributed by atoms with van der Waals surface area (Å²) in [4.78, 5) is 11.6. The maximum atomic E-state index is 13.7. The highest BCUT2D eigenvalue weighted by Gasteiger charge is 2.22. The number of amides is 1. The van der Waals surface area contributed by atoms with Crippen LogP contribution in [0.4, 0.5) is 9.18 Å². The molecule has 0 aromatic heterocycles. The highest BCUT2D eigenvalue weighted by molar-refractivity contribution is 6.30. The zero-order valence-electron chi connectivity index (χ0n) is 13.4. The molecule has 134 valence electrons. The van der Waals surface area contributed by atoms with E-state index in [0.717, 1.165) is 11.6 Å². The molecule has 0 spiro atoms. The second-order valence-electron chi connectivity index (χ2n) is 5.46. The van der Waals surface area contributed by atoms with Gasteiger partial charge in [-0.3, -0.25) is 0 Å². The number of ether oxygens (including phenoxy) is 1.